The molecule has 5 aliphatic heterocycles. The number of carbonyl (C=O) groups is 6. The molecule has 0 bridgehead atoms. The lowest BCUT2D eigenvalue weighted by molar-refractivity contribution is -0.122. The Hall–Kier alpha value is -9.78. The van der Waals surface area contributed by atoms with Crippen molar-refractivity contribution in [2.24, 2.45) is 5.73 Å². The zero-order valence-corrected chi connectivity index (χ0v) is 84.6. The fraction of sp³-hybridized carbons (Fsp3) is 0.526. The Kier molecular flexibility index (Phi) is 33.6. The van der Waals surface area contributed by atoms with Crippen LogP contribution < -0.4 is 37.2 Å². The minimum atomic E-state index is -0.655. The first-order chi connectivity index (χ1) is 61.2. The van der Waals surface area contributed by atoms with Crippen LogP contribution in [0.5, 0.6) is 0 Å². The number of benzene rings is 8. The summed E-state index contributed by atoms with van der Waals surface area (Å²) >= 11 is 0. The number of aliphatic hydroxyl groups is 1. The molecule has 16 rings (SSSR count). The number of Topliss-reactive ketones (excluding diaryl/α,β-unsaturated/α-hetero) is 2. The molecule has 1 aromatic heterocycles. The molecule has 2 aliphatic carbocycles. The molecule has 708 valence electrons. The van der Waals surface area contributed by atoms with Crippen molar-refractivity contribution in [1.82, 2.24) is 20.4 Å². The van der Waals surface area contributed by atoms with E-state index in [1.807, 2.05) is 63.2 Å². The number of likely N-dealkylation sites (tertiary alicyclic amines) is 1. The van der Waals surface area contributed by atoms with Gasteiger partial charge in [0, 0.05) is 73.1 Å². The summed E-state index contributed by atoms with van der Waals surface area (Å²) in [5, 5.41) is 28.0. The maximum absolute atomic E-state index is 12.5. The first-order valence-corrected chi connectivity index (χ1v) is 48.6. The van der Waals surface area contributed by atoms with Crippen molar-refractivity contribution in [3.05, 3.63) is 235 Å². The van der Waals surface area contributed by atoms with Gasteiger partial charge in [-0.25, -0.2) is 0 Å². The number of furan rings is 1. The monoisotopic (exact) mass is 1780 g/mol. The number of aliphatic hydroxyl groups excluding tert-OH is 1. The standard InChI is InChI=1S/C22H31NO.C19H26N2O2.C16H23NO2.C16H23NO.C15H18N2O2.2C13H19N/c1-6-23(7-2)14-8-9-21(24)19-11-10-18-16-20(22(3,4)5)13-12-17(18)15-19;1-19(2,3)15-6-7-16-14(12-15)13-17(23-16)18(22)20-8-11-21-9-4-5-10-21;1-15(2,3)11-6-7-12-13(10-11)17(8-9-18)14(19)16(12,4)5;1-5-15(18)14-8-6-11-10-12(16(2,3)4)7-9-13(11)17-14;1-14(2,3)9-4-5-11-10(8-9)12(18)17-15(6-7-15)13(19)16-11;1-13(2,3)11-5-4-9-7-12(14)8-10(9)6-11;1-13(2,3)11-6-7-12-10(9-11)5-4-8-14-12/h10-13,15-16H,6-9,14H2,1-5H3;6-7,12-13H,4-5,8-11H2,1-3H3,(H,20,22);6-7,10,18H,8-9H2,1-5H3;7,9-10,14,17H,5-6,8H2,1-4H3;4-5,8H,6-7H2,1-3H3,(H,16,19)(H,17,18);4-6,12H,7-8,14H2,1-3H3;6-7,9,14H,4-5,8H2,1-3H3. The van der Waals surface area contributed by atoms with Crippen LogP contribution in [0.25, 0.3) is 21.7 Å². The molecule has 9 aromatic rings. The quantitative estimate of drug-likeness (QED) is 0.0474. The molecule has 2 atom stereocenters. The van der Waals surface area contributed by atoms with Gasteiger partial charge in [-0.2, -0.15) is 0 Å². The van der Waals surface area contributed by atoms with E-state index < -0.39 is 11.0 Å². The summed E-state index contributed by atoms with van der Waals surface area (Å²) in [4.78, 5) is 79.7. The molecular weight excluding hydrogens is 1620 g/mol. The van der Waals surface area contributed by atoms with E-state index in [2.05, 4.69) is 305 Å². The van der Waals surface area contributed by atoms with Crippen LogP contribution in [0.2, 0.25) is 0 Å². The van der Waals surface area contributed by atoms with E-state index in [4.69, 9.17) is 10.2 Å². The molecule has 1 saturated heterocycles. The highest BCUT2D eigenvalue weighted by molar-refractivity contribution is 6.13. The number of fused-ring (bicyclic) bond motifs is 7. The Balaban J connectivity index is 0.000000160. The summed E-state index contributed by atoms with van der Waals surface area (Å²) in [7, 11) is 0. The Morgan fingerprint density at radius 2 is 1.05 bits per heavy atom. The minimum Gasteiger partial charge on any atom is -0.451 e. The molecule has 8 N–H and O–H groups in total. The van der Waals surface area contributed by atoms with Gasteiger partial charge in [0.25, 0.3) is 11.8 Å². The van der Waals surface area contributed by atoms with Crippen LogP contribution in [-0.4, -0.2) is 133 Å². The number of anilines is 4. The molecule has 6 heterocycles. The molecular formula is C114H159N9O8. The highest BCUT2D eigenvalue weighted by Gasteiger charge is 2.53. The van der Waals surface area contributed by atoms with Crippen molar-refractivity contribution in [2.75, 3.05) is 86.4 Å². The number of rotatable bonds is 15. The predicted octanol–water partition coefficient (Wildman–Crippen LogP) is 23.2. The number of nitrogens with one attached hydrogen (secondary N) is 5. The van der Waals surface area contributed by atoms with Crippen molar-refractivity contribution in [1.29, 1.82) is 0 Å². The second-order valence-corrected chi connectivity index (χ2v) is 45.0. The van der Waals surface area contributed by atoms with E-state index in [1.165, 1.54) is 92.4 Å². The molecule has 4 amide bonds. The topological polar surface area (TPSA) is 232 Å². The number of hydrogen-bond acceptors (Lipinski definition) is 13. The Morgan fingerprint density at radius 1 is 0.542 bits per heavy atom. The fourth-order valence-corrected chi connectivity index (χ4v) is 17.6. The molecule has 1 saturated carbocycles. The number of nitrogens with two attached hydrogens (primary N) is 1. The number of ketones is 2. The zero-order valence-electron chi connectivity index (χ0n) is 84.6. The number of nitrogens with zero attached hydrogens (tertiary/aromatic N) is 3. The highest BCUT2D eigenvalue weighted by Crippen LogP contribution is 2.45. The minimum absolute atomic E-state index is 0.0129. The third-order valence-electron chi connectivity index (χ3n) is 26.9. The Morgan fingerprint density at radius 3 is 1.63 bits per heavy atom. The zero-order chi connectivity index (χ0) is 96.3. The molecule has 17 nitrogen and oxygen atoms in total. The molecule has 131 heavy (non-hydrogen) atoms. The lowest BCUT2D eigenvalue weighted by atomic mass is 9.82. The van der Waals surface area contributed by atoms with Gasteiger partial charge in [-0.1, -0.05) is 263 Å². The lowest BCUT2D eigenvalue weighted by Gasteiger charge is -2.28. The van der Waals surface area contributed by atoms with E-state index in [1.54, 1.807) is 4.90 Å². The number of hydrogen-bond donors (Lipinski definition) is 7. The molecule has 8 aromatic carbocycles. The molecule has 7 aliphatic rings. The van der Waals surface area contributed by atoms with Crippen LogP contribution in [0.4, 0.5) is 22.7 Å². The first kappa shape index (κ1) is 103. The van der Waals surface area contributed by atoms with Gasteiger partial charge < -0.3 is 56.5 Å². The SMILES string of the molecule is CC(C)(C)c1ccc2c(c1)C(=O)NC1(CC1)C(=O)N2.CC(C)(C)c1ccc2c(c1)CC(N)C2.CC(C)(C)c1ccc2c(c1)CCCN2.CC(C)(C)c1ccc2c(c1)N(CCO)C(=O)C2(C)C.CC(C)(C)c1ccc2oc(C(=O)NCCN3CCCC3)cc2c1.CCC(=O)C1CCc2cc(C(C)(C)C)ccc2N1.CCN(CC)CCCC(=O)c1ccc2cc(C(C)(C)C)ccc2c1. The summed E-state index contributed by atoms with van der Waals surface area (Å²) < 4.78 is 5.69. The first-order valence-electron chi connectivity index (χ1n) is 48.6. The molecule has 2 fully saturated rings. The summed E-state index contributed by atoms with van der Waals surface area (Å²) in [6.45, 7) is 64.9. The van der Waals surface area contributed by atoms with Crippen molar-refractivity contribution < 1.29 is 38.3 Å². The number of β-amino-alcohol motifs (C(OH)–C–C–N with tert-alkyl or cyclic N) is 1. The van der Waals surface area contributed by atoms with Gasteiger partial charge in [0.1, 0.15) is 11.1 Å². The average molecular weight is 1780 g/mol. The van der Waals surface area contributed by atoms with Crippen LogP contribution in [0.1, 0.15) is 336 Å². The Bertz CT molecular complexity index is 5490. The predicted molar refractivity (Wildman–Crippen MR) is 546 cm³/mol. The lowest BCUT2D eigenvalue weighted by Crippen LogP contribution is -2.43. The van der Waals surface area contributed by atoms with Gasteiger partial charge in [0.05, 0.1) is 29.3 Å². The van der Waals surface area contributed by atoms with Crippen molar-refractivity contribution in [3.8, 4) is 0 Å². The molecule has 0 radical (unpaired) electrons. The van der Waals surface area contributed by atoms with Gasteiger partial charge in [-0.3, -0.25) is 28.8 Å². The summed E-state index contributed by atoms with van der Waals surface area (Å²) in [6.07, 6.45) is 12.7. The van der Waals surface area contributed by atoms with Gasteiger partial charge >= 0.3 is 0 Å². The van der Waals surface area contributed by atoms with Gasteiger partial charge in [0.15, 0.2) is 17.3 Å². The fourth-order valence-electron chi connectivity index (χ4n) is 17.6. The van der Waals surface area contributed by atoms with E-state index in [-0.39, 0.29) is 80.0 Å². The maximum atomic E-state index is 12.5. The third-order valence-corrected chi connectivity index (χ3v) is 26.9. The van der Waals surface area contributed by atoms with Crippen LogP contribution in [-0.2, 0) is 83.4 Å². The third kappa shape index (κ3) is 27.3. The second-order valence-electron chi connectivity index (χ2n) is 45.0. The van der Waals surface area contributed by atoms with Crippen LogP contribution >= 0.6 is 0 Å². The van der Waals surface area contributed by atoms with E-state index >= 15 is 0 Å². The summed E-state index contributed by atoms with van der Waals surface area (Å²) in [6, 6.07) is 53.2. The average Bonchev–Trinajstić information content (AvgIpc) is 1.60. The number of amides is 4. The van der Waals surface area contributed by atoms with Crippen LogP contribution in [0.15, 0.2) is 156 Å². The van der Waals surface area contributed by atoms with Crippen molar-refractivity contribution in [3.63, 3.8) is 0 Å². The smallest absolute Gasteiger partial charge is 0.287 e. The van der Waals surface area contributed by atoms with E-state index in [9.17, 15) is 33.9 Å². The largest absolute Gasteiger partial charge is 0.451 e. The normalized spacial score (nSPS) is 17.1. The van der Waals surface area contributed by atoms with Crippen LogP contribution in [0, 0.1) is 0 Å². The van der Waals surface area contributed by atoms with Gasteiger partial charge in [-0.15, -0.1) is 0 Å². The van der Waals surface area contributed by atoms with Gasteiger partial charge in [-0.05, 0) is 287 Å². The van der Waals surface area contributed by atoms with Crippen molar-refractivity contribution >= 4 is 79.7 Å². The highest BCUT2D eigenvalue weighted by atomic mass is 16.3. The second kappa shape index (κ2) is 42.6. The molecule has 2 unspecified atom stereocenters. The van der Waals surface area contributed by atoms with Crippen LogP contribution in [0.3, 0.4) is 0 Å². The maximum Gasteiger partial charge on any atom is 0.287 e. The van der Waals surface area contributed by atoms with Crippen molar-refractivity contribution in [2.45, 2.75) is 324 Å². The molecule has 1 spiro atoms. The number of aryl methyl sites for hydroxylation is 2. The summed E-state index contributed by atoms with van der Waals surface area (Å²) in [5.74, 6) is 0.664. The van der Waals surface area contributed by atoms with E-state index in [0.29, 0.717) is 54.8 Å². The summed E-state index contributed by atoms with van der Waals surface area (Å²) in [5.41, 5.74) is 27.9. The molecule has 17 heteroatoms. The Labute approximate surface area is 785 Å². The van der Waals surface area contributed by atoms with Gasteiger partial charge in [0.2, 0.25) is 11.8 Å². The van der Waals surface area contributed by atoms with E-state index in [0.717, 1.165) is 135 Å². The number of carbonyl (C=O) groups excluding carboxylic acids is 6.